The van der Waals surface area contributed by atoms with Crippen LogP contribution in [-0.4, -0.2) is 16.9 Å². The fourth-order valence-corrected chi connectivity index (χ4v) is 2.03. The number of aryl methyl sites for hydroxylation is 2. The zero-order chi connectivity index (χ0) is 12.4. The standard InChI is InChI=1S/C13H15ClN2O/c1-9-6-10(4-5-13(9)17-3)12-7-11(8-14)15-16(12)2/h4-7H,8H2,1-3H3. The van der Waals surface area contributed by atoms with E-state index in [0.717, 1.165) is 28.3 Å². The summed E-state index contributed by atoms with van der Waals surface area (Å²) in [6, 6.07) is 8.10. The number of halogens is 1. The third-order valence-electron chi connectivity index (χ3n) is 2.76. The van der Waals surface area contributed by atoms with E-state index >= 15 is 0 Å². The summed E-state index contributed by atoms with van der Waals surface area (Å²) < 4.78 is 7.10. The van der Waals surface area contributed by atoms with E-state index in [0.29, 0.717) is 5.88 Å². The summed E-state index contributed by atoms with van der Waals surface area (Å²) >= 11 is 5.78. The van der Waals surface area contributed by atoms with Crippen LogP contribution in [0.5, 0.6) is 5.75 Å². The molecule has 1 aromatic carbocycles. The summed E-state index contributed by atoms with van der Waals surface area (Å²) in [5, 5.41) is 4.33. The van der Waals surface area contributed by atoms with Gasteiger partial charge in [-0.15, -0.1) is 11.6 Å². The Kier molecular flexibility index (Phi) is 3.38. The molecule has 0 saturated carbocycles. The van der Waals surface area contributed by atoms with Gasteiger partial charge in [-0.2, -0.15) is 5.10 Å². The SMILES string of the molecule is COc1ccc(-c2cc(CCl)nn2C)cc1C. The van der Waals surface area contributed by atoms with E-state index in [-0.39, 0.29) is 0 Å². The van der Waals surface area contributed by atoms with Crippen LogP contribution in [0.1, 0.15) is 11.3 Å². The summed E-state index contributed by atoms with van der Waals surface area (Å²) in [6.07, 6.45) is 0. The summed E-state index contributed by atoms with van der Waals surface area (Å²) in [5.74, 6) is 1.33. The maximum atomic E-state index is 5.78. The van der Waals surface area contributed by atoms with Crippen LogP contribution >= 0.6 is 11.6 Å². The molecular formula is C13H15ClN2O. The first-order chi connectivity index (χ1) is 8.15. The van der Waals surface area contributed by atoms with Crippen molar-refractivity contribution in [2.75, 3.05) is 7.11 Å². The number of alkyl halides is 1. The normalized spacial score (nSPS) is 10.6. The maximum absolute atomic E-state index is 5.78. The molecule has 17 heavy (non-hydrogen) atoms. The molecule has 0 fully saturated rings. The summed E-state index contributed by atoms with van der Waals surface area (Å²) in [6.45, 7) is 2.03. The Morgan fingerprint density at radius 2 is 2.12 bits per heavy atom. The monoisotopic (exact) mass is 250 g/mol. The van der Waals surface area contributed by atoms with Crippen LogP contribution in [0.15, 0.2) is 24.3 Å². The molecule has 0 bridgehead atoms. The lowest BCUT2D eigenvalue weighted by atomic mass is 10.1. The average molecular weight is 251 g/mol. The van der Waals surface area contributed by atoms with Gasteiger partial charge in [-0.05, 0) is 36.8 Å². The van der Waals surface area contributed by atoms with Crippen molar-refractivity contribution < 1.29 is 4.74 Å². The second kappa shape index (κ2) is 4.80. The first kappa shape index (κ1) is 12.0. The Balaban J connectivity index is 2.45. The number of methoxy groups -OCH3 is 1. The van der Waals surface area contributed by atoms with Crippen LogP contribution in [0.25, 0.3) is 11.3 Å². The second-order valence-corrected chi connectivity index (χ2v) is 4.23. The fourth-order valence-electron chi connectivity index (χ4n) is 1.90. The van der Waals surface area contributed by atoms with Crippen molar-refractivity contribution in [2.24, 2.45) is 7.05 Å². The summed E-state index contributed by atoms with van der Waals surface area (Å²) in [7, 11) is 3.60. The van der Waals surface area contributed by atoms with Gasteiger partial charge in [-0.25, -0.2) is 0 Å². The molecule has 0 unspecified atom stereocenters. The van der Waals surface area contributed by atoms with Crippen molar-refractivity contribution in [1.82, 2.24) is 9.78 Å². The van der Waals surface area contributed by atoms with Crippen LogP contribution in [0, 0.1) is 6.92 Å². The van der Waals surface area contributed by atoms with Gasteiger partial charge in [0.25, 0.3) is 0 Å². The van der Waals surface area contributed by atoms with Crippen molar-refractivity contribution in [2.45, 2.75) is 12.8 Å². The molecule has 2 aromatic rings. The number of rotatable bonds is 3. The molecule has 0 spiro atoms. The van der Waals surface area contributed by atoms with Crippen LogP contribution in [-0.2, 0) is 12.9 Å². The van der Waals surface area contributed by atoms with Gasteiger partial charge in [-0.1, -0.05) is 0 Å². The number of hydrogen-bond acceptors (Lipinski definition) is 2. The Morgan fingerprint density at radius 1 is 1.35 bits per heavy atom. The molecule has 2 rings (SSSR count). The predicted octanol–water partition coefficient (Wildman–Crippen LogP) is 3.14. The molecule has 1 aromatic heterocycles. The van der Waals surface area contributed by atoms with E-state index < -0.39 is 0 Å². The van der Waals surface area contributed by atoms with E-state index in [4.69, 9.17) is 16.3 Å². The van der Waals surface area contributed by atoms with Crippen molar-refractivity contribution in [1.29, 1.82) is 0 Å². The van der Waals surface area contributed by atoms with E-state index in [1.807, 2.05) is 36.9 Å². The van der Waals surface area contributed by atoms with Crippen LogP contribution < -0.4 is 4.74 Å². The van der Waals surface area contributed by atoms with Gasteiger partial charge < -0.3 is 4.74 Å². The molecule has 1 heterocycles. The van der Waals surface area contributed by atoms with Crippen LogP contribution in [0.3, 0.4) is 0 Å². The highest BCUT2D eigenvalue weighted by molar-refractivity contribution is 6.16. The van der Waals surface area contributed by atoms with Crippen molar-refractivity contribution in [3.8, 4) is 17.0 Å². The van der Waals surface area contributed by atoms with Gasteiger partial charge in [0.05, 0.1) is 24.4 Å². The topological polar surface area (TPSA) is 27.1 Å². The Morgan fingerprint density at radius 3 is 2.65 bits per heavy atom. The molecule has 0 N–H and O–H groups in total. The molecule has 0 aliphatic rings. The number of aromatic nitrogens is 2. The number of hydrogen-bond donors (Lipinski definition) is 0. The molecule has 0 atom stereocenters. The molecular weight excluding hydrogens is 236 g/mol. The minimum Gasteiger partial charge on any atom is -0.496 e. The zero-order valence-electron chi connectivity index (χ0n) is 10.2. The van der Waals surface area contributed by atoms with E-state index in [9.17, 15) is 0 Å². The smallest absolute Gasteiger partial charge is 0.121 e. The van der Waals surface area contributed by atoms with Gasteiger partial charge in [0.2, 0.25) is 0 Å². The Hall–Kier alpha value is -1.48. The van der Waals surface area contributed by atoms with E-state index in [1.165, 1.54) is 0 Å². The van der Waals surface area contributed by atoms with Gasteiger partial charge in [0, 0.05) is 12.6 Å². The van der Waals surface area contributed by atoms with Crippen LogP contribution in [0.2, 0.25) is 0 Å². The lowest BCUT2D eigenvalue weighted by Crippen LogP contribution is -1.95. The van der Waals surface area contributed by atoms with Crippen LogP contribution in [0.4, 0.5) is 0 Å². The number of nitrogens with zero attached hydrogens (tertiary/aromatic N) is 2. The largest absolute Gasteiger partial charge is 0.496 e. The number of benzene rings is 1. The molecule has 90 valence electrons. The fraction of sp³-hybridized carbons (Fsp3) is 0.308. The summed E-state index contributed by atoms with van der Waals surface area (Å²) in [5.41, 5.74) is 4.18. The minimum atomic E-state index is 0.434. The molecule has 0 saturated heterocycles. The third kappa shape index (κ3) is 2.29. The quantitative estimate of drug-likeness (QED) is 0.783. The predicted molar refractivity (Wildman–Crippen MR) is 69.5 cm³/mol. The molecule has 0 aliphatic heterocycles. The highest BCUT2D eigenvalue weighted by atomic mass is 35.5. The van der Waals surface area contributed by atoms with E-state index in [1.54, 1.807) is 7.11 Å². The van der Waals surface area contributed by atoms with Gasteiger partial charge in [0.1, 0.15) is 5.75 Å². The van der Waals surface area contributed by atoms with Crippen molar-refractivity contribution >= 4 is 11.6 Å². The lowest BCUT2D eigenvalue weighted by molar-refractivity contribution is 0.412. The van der Waals surface area contributed by atoms with Crippen molar-refractivity contribution in [3.63, 3.8) is 0 Å². The molecule has 0 aliphatic carbocycles. The van der Waals surface area contributed by atoms with Crippen molar-refractivity contribution in [3.05, 3.63) is 35.5 Å². The Labute approximate surface area is 106 Å². The van der Waals surface area contributed by atoms with Gasteiger partial charge >= 0.3 is 0 Å². The molecule has 4 heteroatoms. The highest BCUT2D eigenvalue weighted by Gasteiger charge is 2.08. The van der Waals surface area contributed by atoms with Gasteiger partial charge in [-0.3, -0.25) is 4.68 Å². The zero-order valence-corrected chi connectivity index (χ0v) is 11.0. The minimum absolute atomic E-state index is 0.434. The average Bonchev–Trinajstić information content (AvgIpc) is 2.70. The molecule has 3 nitrogen and oxygen atoms in total. The molecule has 0 radical (unpaired) electrons. The molecule has 0 amide bonds. The Bertz CT molecular complexity index is 534. The maximum Gasteiger partial charge on any atom is 0.121 e. The number of ether oxygens (including phenoxy) is 1. The highest BCUT2D eigenvalue weighted by Crippen LogP contribution is 2.26. The lowest BCUT2D eigenvalue weighted by Gasteiger charge is -2.07. The second-order valence-electron chi connectivity index (χ2n) is 3.96. The first-order valence-electron chi connectivity index (χ1n) is 5.39. The summed E-state index contributed by atoms with van der Waals surface area (Å²) in [4.78, 5) is 0. The first-order valence-corrected chi connectivity index (χ1v) is 5.93. The van der Waals surface area contributed by atoms with E-state index in [2.05, 4.69) is 11.2 Å². The third-order valence-corrected chi connectivity index (χ3v) is 3.03. The van der Waals surface area contributed by atoms with Gasteiger partial charge in [0.15, 0.2) is 0 Å².